The van der Waals surface area contributed by atoms with E-state index in [1.165, 1.54) is 18.2 Å². The number of hydrogen-bond acceptors (Lipinski definition) is 2. The van der Waals surface area contributed by atoms with Crippen molar-refractivity contribution in [3.05, 3.63) is 58.6 Å². The molecule has 0 saturated heterocycles. The number of nitrogens with two attached hydrogens (primary N) is 1. The van der Waals surface area contributed by atoms with Crippen LogP contribution in [0.3, 0.4) is 0 Å². The van der Waals surface area contributed by atoms with Gasteiger partial charge in [-0.15, -0.1) is 0 Å². The maximum atomic E-state index is 13.4. The summed E-state index contributed by atoms with van der Waals surface area (Å²) in [5.41, 5.74) is 5.65. The van der Waals surface area contributed by atoms with Crippen molar-refractivity contribution in [1.82, 2.24) is 0 Å². The third-order valence-electron chi connectivity index (χ3n) is 2.44. The lowest BCUT2D eigenvalue weighted by atomic mass is 10.1. The highest BCUT2D eigenvalue weighted by Crippen LogP contribution is 2.21. The third-order valence-corrected chi connectivity index (χ3v) is 2.67. The summed E-state index contributed by atoms with van der Waals surface area (Å²) in [6.45, 7) is 0. The fourth-order valence-electron chi connectivity index (χ4n) is 1.51. The first-order valence-electron chi connectivity index (χ1n) is 5.29. The zero-order valence-electron chi connectivity index (χ0n) is 9.58. The molecule has 2 aromatic carbocycles. The van der Waals surface area contributed by atoms with Crippen LogP contribution in [0, 0.1) is 11.6 Å². The molecule has 0 radical (unpaired) electrons. The van der Waals surface area contributed by atoms with E-state index in [2.05, 4.69) is 5.32 Å². The Labute approximate surface area is 113 Å². The van der Waals surface area contributed by atoms with Crippen molar-refractivity contribution in [1.29, 1.82) is 0 Å². The lowest BCUT2D eigenvalue weighted by Gasteiger charge is -2.08. The average Bonchev–Trinajstić information content (AvgIpc) is 2.36. The third kappa shape index (κ3) is 3.00. The number of amides is 1. The van der Waals surface area contributed by atoms with E-state index in [0.29, 0.717) is 5.02 Å². The molecule has 0 aliphatic carbocycles. The maximum absolute atomic E-state index is 13.4. The molecule has 0 fully saturated rings. The molecule has 0 saturated carbocycles. The predicted molar refractivity (Wildman–Crippen MR) is 70.2 cm³/mol. The fourth-order valence-corrected chi connectivity index (χ4v) is 1.68. The van der Waals surface area contributed by atoms with Crippen molar-refractivity contribution in [3.63, 3.8) is 0 Å². The van der Waals surface area contributed by atoms with Gasteiger partial charge in [-0.3, -0.25) is 4.79 Å². The molecule has 3 N–H and O–H groups in total. The second-order valence-electron chi connectivity index (χ2n) is 3.81. The van der Waals surface area contributed by atoms with Gasteiger partial charge in [0.2, 0.25) is 0 Å². The first-order valence-corrected chi connectivity index (χ1v) is 5.66. The lowest BCUT2D eigenvalue weighted by molar-refractivity contribution is 0.102. The minimum Gasteiger partial charge on any atom is -0.398 e. The van der Waals surface area contributed by atoms with Gasteiger partial charge in [0, 0.05) is 16.8 Å². The van der Waals surface area contributed by atoms with Gasteiger partial charge in [-0.25, -0.2) is 8.78 Å². The molecule has 0 aromatic heterocycles. The van der Waals surface area contributed by atoms with Crippen LogP contribution >= 0.6 is 11.6 Å². The van der Waals surface area contributed by atoms with Gasteiger partial charge in [-0.2, -0.15) is 0 Å². The van der Waals surface area contributed by atoms with Crippen molar-refractivity contribution in [3.8, 4) is 0 Å². The fraction of sp³-hybridized carbons (Fsp3) is 0. The minimum atomic E-state index is -0.740. The summed E-state index contributed by atoms with van der Waals surface area (Å²) in [5, 5.41) is 2.56. The monoisotopic (exact) mass is 282 g/mol. The van der Waals surface area contributed by atoms with E-state index in [1.54, 1.807) is 0 Å². The number of benzene rings is 2. The van der Waals surface area contributed by atoms with Gasteiger partial charge < -0.3 is 11.1 Å². The summed E-state index contributed by atoms with van der Waals surface area (Å²) in [7, 11) is 0. The molecular formula is C13H9ClF2N2O. The van der Waals surface area contributed by atoms with E-state index in [9.17, 15) is 13.6 Å². The van der Waals surface area contributed by atoms with Crippen LogP contribution in [0.2, 0.25) is 5.02 Å². The molecule has 19 heavy (non-hydrogen) atoms. The Morgan fingerprint density at radius 3 is 2.63 bits per heavy atom. The molecule has 6 heteroatoms. The summed E-state index contributed by atoms with van der Waals surface area (Å²) in [6.07, 6.45) is 0. The largest absolute Gasteiger partial charge is 0.398 e. The average molecular weight is 283 g/mol. The number of carbonyl (C=O) groups excluding carboxylic acids is 1. The number of hydrogen-bond donors (Lipinski definition) is 2. The SMILES string of the molecule is Nc1ccc(Cl)cc1C(=O)Nc1cc(F)ccc1F. The van der Waals surface area contributed by atoms with Crippen LogP contribution in [0.25, 0.3) is 0 Å². The Balaban J connectivity index is 2.30. The molecule has 2 aromatic rings. The number of anilines is 2. The summed E-state index contributed by atoms with van der Waals surface area (Å²) in [4.78, 5) is 11.9. The van der Waals surface area contributed by atoms with Gasteiger partial charge in [0.25, 0.3) is 5.91 Å². The van der Waals surface area contributed by atoms with E-state index < -0.39 is 17.5 Å². The highest BCUT2D eigenvalue weighted by molar-refractivity contribution is 6.31. The van der Waals surface area contributed by atoms with Gasteiger partial charge in [-0.05, 0) is 30.3 Å². The summed E-state index contributed by atoms with van der Waals surface area (Å²) < 4.78 is 26.4. The van der Waals surface area contributed by atoms with E-state index in [0.717, 1.165) is 18.2 Å². The lowest BCUT2D eigenvalue weighted by Crippen LogP contribution is -2.15. The molecule has 0 aliphatic heterocycles. The van der Waals surface area contributed by atoms with Crippen LogP contribution in [0.5, 0.6) is 0 Å². The van der Waals surface area contributed by atoms with Gasteiger partial charge >= 0.3 is 0 Å². The molecule has 0 aliphatic rings. The molecule has 1 amide bonds. The maximum Gasteiger partial charge on any atom is 0.257 e. The molecule has 0 spiro atoms. The van der Waals surface area contributed by atoms with Gasteiger partial charge in [0.05, 0.1) is 11.3 Å². The zero-order valence-corrected chi connectivity index (χ0v) is 10.3. The second kappa shape index (κ2) is 5.24. The molecule has 0 heterocycles. The molecule has 98 valence electrons. The predicted octanol–water partition coefficient (Wildman–Crippen LogP) is 3.45. The highest BCUT2D eigenvalue weighted by Gasteiger charge is 2.13. The van der Waals surface area contributed by atoms with Gasteiger partial charge in [-0.1, -0.05) is 11.6 Å². The minimum absolute atomic E-state index is 0.0937. The van der Waals surface area contributed by atoms with Gasteiger partial charge in [0.1, 0.15) is 11.6 Å². The Bertz CT molecular complexity index is 647. The summed E-state index contributed by atoms with van der Waals surface area (Å²) in [5.74, 6) is -2.06. The molecule has 2 rings (SSSR count). The second-order valence-corrected chi connectivity index (χ2v) is 4.25. The molecule has 0 atom stereocenters. The highest BCUT2D eigenvalue weighted by atomic mass is 35.5. The van der Waals surface area contributed by atoms with Crippen molar-refractivity contribution in [2.75, 3.05) is 11.1 Å². The summed E-state index contributed by atoms with van der Waals surface area (Å²) >= 11 is 5.75. The van der Waals surface area contributed by atoms with Crippen molar-refractivity contribution in [2.45, 2.75) is 0 Å². The molecule has 0 unspecified atom stereocenters. The van der Waals surface area contributed by atoms with Crippen LogP contribution in [0.4, 0.5) is 20.2 Å². The van der Waals surface area contributed by atoms with E-state index in [1.807, 2.05) is 0 Å². The van der Waals surface area contributed by atoms with Gasteiger partial charge in [0.15, 0.2) is 0 Å². The van der Waals surface area contributed by atoms with E-state index in [-0.39, 0.29) is 16.9 Å². The zero-order chi connectivity index (χ0) is 14.0. The van der Waals surface area contributed by atoms with E-state index in [4.69, 9.17) is 17.3 Å². The first-order chi connectivity index (χ1) is 8.97. The normalized spacial score (nSPS) is 10.3. The Morgan fingerprint density at radius 2 is 1.89 bits per heavy atom. The number of carbonyl (C=O) groups is 1. The Morgan fingerprint density at radius 1 is 1.16 bits per heavy atom. The number of nitrogens with one attached hydrogen (secondary N) is 1. The molecule has 0 bridgehead atoms. The number of nitrogen functional groups attached to an aromatic ring is 1. The van der Waals surface area contributed by atoms with Crippen molar-refractivity contribution in [2.24, 2.45) is 0 Å². The summed E-state index contributed by atoms with van der Waals surface area (Å²) in [6, 6.07) is 7.10. The topological polar surface area (TPSA) is 55.1 Å². The molecular weight excluding hydrogens is 274 g/mol. The first kappa shape index (κ1) is 13.3. The van der Waals surface area contributed by atoms with E-state index >= 15 is 0 Å². The van der Waals surface area contributed by atoms with Crippen molar-refractivity contribution < 1.29 is 13.6 Å². The Kier molecular flexibility index (Phi) is 3.66. The molecule has 3 nitrogen and oxygen atoms in total. The van der Waals surface area contributed by atoms with Crippen LogP contribution in [0.1, 0.15) is 10.4 Å². The van der Waals surface area contributed by atoms with Crippen LogP contribution in [0.15, 0.2) is 36.4 Å². The number of halogens is 3. The number of rotatable bonds is 2. The smallest absolute Gasteiger partial charge is 0.257 e. The standard InChI is InChI=1S/C13H9ClF2N2O/c14-7-1-4-11(17)9(5-7)13(19)18-12-6-8(15)2-3-10(12)16/h1-6H,17H2,(H,18,19). The van der Waals surface area contributed by atoms with Crippen LogP contribution in [-0.2, 0) is 0 Å². The van der Waals surface area contributed by atoms with Crippen molar-refractivity contribution >= 4 is 28.9 Å². The Hall–Kier alpha value is -2.14. The quantitative estimate of drug-likeness (QED) is 0.829. The van der Waals surface area contributed by atoms with Crippen LogP contribution in [-0.4, -0.2) is 5.91 Å². The van der Waals surface area contributed by atoms with Crippen LogP contribution < -0.4 is 11.1 Å².